The van der Waals surface area contributed by atoms with Gasteiger partial charge in [-0.25, -0.2) is 0 Å². The van der Waals surface area contributed by atoms with Crippen molar-refractivity contribution in [3.05, 3.63) is 65.2 Å². The summed E-state index contributed by atoms with van der Waals surface area (Å²) in [4.78, 5) is 14.9. The molecule has 126 valence electrons. The normalized spacial score (nSPS) is 16.6. The fraction of sp³-hybridized carbons (Fsp3) is 0.381. The fourth-order valence-electron chi connectivity index (χ4n) is 3.36. The standard InChI is InChI=1S/C21H25NO2/c1-15(2)24-20-11-7-6-10-19(20)21(23)22(3)18-13-12-16-8-4-5-9-17(16)14-18/h4-11,15,18H,12-14H2,1-3H3. The van der Waals surface area contributed by atoms with Gasteiger partial charge in [0.2, 0.25) is 0 Å². The number of hydrogen-bond acceptors (Lipinski definition) is 2. The molecule has 0 aliphatic heterocycles. The Kier molecular flexibility index (Phi) is 4.89. The number of nitrogens with zero attached hydrogens (tertiary/aromatic N) is 1. The molecular weight excluding hydrogens is 298 g/mol. The average Bonchev–Trinajstić information content (AvgIpc) is 2.60. The molecule has 1 atom stereocenters. The van der Waals surface area contributed by atoms with Crippen LogP contribution in [0.2, 0.25) is 0 Å². The highest BCUT2D eigenvalue weighted by Gasteiger charge is 2.27. The molecule has 1 unspecified atom stereocenters. The van der Waals surface area contributed by atoms with Crippen LogP contribution in [-0.4, -0.2) is 30.0 Å². The second-order valence-electron chi connectivity index (χ2n) is 6.74. The van der Waals surface area contributed by atoms with Gasteiger partial charge in [0.05, 0.1) is 11.7 Å². The summed E-state index contributed by atoms with van der Waals surface area (Å²) in [5.41, 5.74) is 3.42. The molecule has 1 aliphatic carbocycles. The van der Waals surface area contributed by atoms with Gasteiger partial charge in [0.15, 0.2) is 0 Å². The Hall–Kier alpha value is -2.29. The zero-order chi connectivity index (χ0) is 17.1. The van der Waals surface area contributed by atoms with E-state index >= 15 is 0 Å². The number of carbonyl (C=O) groups is 1. The number of aryl methyl sites for hydroxylation is 1. The van der Waals surface area contributed by atoms with Crippen molar-refractivity contribution in [2.45, 2.75) is 45.3 Å². The van der Waals surface area contributed by atoms with Crippen LogP contribution in [-0.2, 0) is 12.8 Å². The van der Waals surface area contributed by atoms with E-state index in [0.29, 0.717) is 11.3 Å². The van der Waals surface area contributed by atoms with E-state index in [9.17, 15) is 4.79 Å². The molecule has 0 saturated carbocycles. The van der Waals surface area contributed by atoms with Gasteiger partial charge in [0.25, 0.3) is 5.91 Å². The highest BCUT2D eigenvalue weighted by atomic mass is 16.5. The van der Waals surface area contributed by atoms with Crippen LogP contribution in [0.4, 0.5) is 0 Å². The number of likely N-dealkylation sites (N-methyl/N-ethyl adjacent to an activating group) is 1. The molecule has 2 aromatic carbocycles. The summed E-state index contributed by atoms with van der Waals surface area (Å²) in [6.45, 7) is 3.95. The third-order valence-corrected chi connectivity index (χ3v) is 4.67. The van der Waals surface area contributed by atoms with Gasteiger partial charge in [-0.2, -0.15) is 0 Å². The van der Waals surface area contributed by atoms with Crippen molar-refractivity contribution < 1.29 is 9.53 Å². The van der Waals surface area contributed by atoms with Gasteiger partial charge in [0.1, 0.15) is 5.75 Å². The zero-order valence-corrected chi connectivity index (χ0v) is 14.7. The van der Waals surface area contributed by atoms with Crippen LogP contribution in [0, 0.1) is 0 Å². The number of amides is 1. The highest BCUT2D eigenvalue weighted by Crippen LogP contribution is 2.27. The second kappa shape index (κ2) is 7.08. The van der Waals surface area contributed by atoms with Gasteiger partial charge >= 0.3 is 0 Å². The van der Waals surface area contributed by atoms with E-state index in [1.165, 1.54) is 11.1 Å². The van der Waals surface area contributed by atoms with Crippen LogP contribution in [0.1, 0.15) is 41.8 Å². The van der Waals surface area contributed by atoms with Gasteiger partial charge < -0.3 is 9.64 Å². The summed E-state index contributed by atoms with van der Waals surface area (Å²) in [5, 5.41) is 0. The van der Waals surface area contributed by atoms with Gasteiger partial charge in [-0.3, -0.25) is 4.79 Å². The predicted molar refractivity (Wildman–Crippen MR) is 96.6 cm³/mol. The second-order valence-corrected chi connectivity index (χ2v) is 6.74. The molecular formula is C21H25NO2. The van der Waals surface area contributed by atoms with E-state index in [4.69, 9.17) is 4.74 Å². The molecule has 0 radical (unpaired) electrons. The fourth-order valence-corrected chi connectivity index (χ4v) is 3.36. The maximum Gasteiger partial charge on any atom is 0.257 e. The molecule has 0 N–H and O–H groups in total. The van der Waals surface area contributed by atoms with E-state index in [1.54, 1.807) is 0 Å². The molecule has 0 saturated heterocycles. The summed E-state index contributed by atoms with van der Waals surface area (Å²) >= 11 is 0. The lowest BCUT2D eigenvalue weighted by Crippen LogP contribution is -2.40. The van der Waals surface area contributed by atoms with Crippen molar-refractivity contribution in [1.29, 1.82) is 0 Å². The molecule has 0 bridgehead atoms. The Balaban J connectivity index is 1.79. The molecule has 2 aromatic rings. The van der Waals surface area contributed by atoms with E-state index in [-0.39, 0.29) is 18.1 Å². The number of ether oxygens (including phenoxy) is 1. The molecule has 24 heavy (non-hydrogen) atoms. The van der Waals surface area contributed by atoms with Crippen LogP contribution in [0.15, 0.2) is 48.5 Å². The molecule has 3 rings (SSSR count). The van der Waals surface area contributed by atoms with Crippen molar-refractivity contribution in [3.63, 3.8) is 0 Å². The van der Waals surface area contributed by atoms with Gasteiger partial charge in [0, 0.05) is 13.1 Å². The van der Waals surface area contributed by atoms with Gasteiger partial charge in [-0.05, 0) is 56.4 Å². The van der Waals surface area contributed by atoms with Crippen molar-refractivity contribution in [1.82, 2.24) is 4.90 Å². The maximum atomic E-state index is 13.0. The number of para-hydroxylation sites is 1. The Morgan fingerprint density at radius 2 is 1.75 bits per heavy atom. The van der Waals surface area contributed by atoms with E-state index < -0.39 is 0 Å². The minimum atomic E-state index is 0.0376. The first-order valence-corrected chi connectivity index (χ1v) is 8.66. The molecule has 0 heterocycles. The Morgan fingerprint density at radius 3 is 2.50 bits per heavy atom. The van der Waals surface area contributed by atoms with Crippen molar-refractivity contribution in [2.24, 2.45) is 0 Å². The van der Waals surface area contributed by atoms with Crippen molar-refractivity contribution in [3.8, 4) is 5.75 Å². The quantitative estimate of drug-likeness (QED) is 0.847. The molecule has 3 heteroatoms. The minimum Gasteiger partial charge on any atom is -0.490 e. The van der Waals surface area contributed by atoms with Crippen LogP contribution >= 0.6 is 0 Å². The van der Waals surface area contributed by atoms with E-state index in [1.807, 2.05) is 50.1 Å². The molecule has 0 spiro atoms. The summed E-state index contributed by atoms with van der Waals surface area (Å²) < 4.78 is 5.81. The SMILES string of the molecule is CC(C)Oc1ccccc1C(=O)N(C)C1CCc2ccccc2C1. The number of fused-ring (bicyclic) bond motifs is 1. The van der Waals surface area contributed by atoms with Crippen LogP contribution in [0.3, 0.4) is 0 Å². The molecule has 1 amide bonds. The maximum absolute atomic E-state index is 13.0. The first kappa shape index (κ1) is 16.6. The Morgan fingerprint density at radius 1 is 1.08 bits per heavy atom. The smallest absolute Gasteiger partial charge is 0.257 e. The van der Waals surface area contributed by atoms with Crippen LogP contribution < -0.4 is 4.74 Å². The van der Waals surface area contributed by atoms with Crippen molar-refractivity contribution >= 4 is 5.91 Å². The van der Waals surface area contributed by atoms with E-state index in [0.717, 1.165) is 19.3 Å². The lowest BCUT2D eigenvalue weighted by atomic mass is 9.87. The molecule has 1 aliphatic rings. The third kappa shape index (κ3) is 3.45. The minimum absolute atomic E-state index is 0.0376. The van der Waals surface area contributed by atoms with Gasteiger partial charge in [-0.15, -0.1) is 0 Å². The number of carbonyl (C=O) groups excluding carboxylic acids is 1. The van der Waals surface area contributed by atoms with Gasteiger partial charge in [-0.1, -0.05) is 36.4 Å². The van der Waals surface area contributed by atoms with Crippen molar-refractivity contribution in [2.75, 3.05) is 7.05 Å². The number of hydrogen-bond donors (Lipinski definition) is 0. The topological polar surface area (TPSA) is 29.5 Å². The number of benzene rings is 2. The lowest BCUT2D eigenvalue weighted by Gasteiger charge is -2.33. The van der Waals surface area contributed by atoms with E-state index in [2.05, 4.69) is 24.3 Å². The first-order valence-electron chi connectivity index (χ1n) is 8.66. The first-order chi connectivity index (χ1) is 11.6. The summed E-state index contributed by atoms with van der Waals surface area (Å²) in [6, 6.07) is 16.3. The number of rotatable bonds is 4. The largest absolute Gasteiger partial charge is 0.490 e. The third-order valence-electron chi connectivity index (χ3n) is 4.67. The van der Waals surface area contributed by atoms with Crippen LogP contribution in [0.5, 0.6) is 5.75 Å². The molecule has 0 fully saturated rings. The Labute approximate surface area is 144 Å². The highest BCUT2D eigenvalue weighted by molar-refractivity contribution is 5.97. The molecule has 0 aromatic heterocycles. The summed E-state index contributed by atoms with van der Waals surface area (Å²) in [6.07, 6.45) is 3.01. The monoisotopic (exact) mass is 323 g/mol. The summed E-state index contributed by atoms with van der Waals surface area (Å²) in [7, 11) is 1.91. The predicted octanol–water partition coefficient (Wildman–Crippen LogP) is 4.10. The average molecular weight is 323 g/mol. The lowest BCUT2D eigenvalue weighted by molar-refractivity contribution is 0.0713. The molecule has 3 nitrogen and oxygen atoms in total. The zero-order valence-electron chi connectivity index (χ0n) is 14.7. The summed E-state index contributed by atoms with van der Waals surface area (Å²) in [5.74, 6) is 0.705. The van der Waals surface area contributed by atoms with Crippen LogP contribution in [0.25, 0.3) is 0 Å². The Bertz CT molecular complexity index is 723.